The van der Waals surface area contributed by atoms with Crippen LogP contribution in [0.15, 0.2) is 48.5 Å². The number of nitrogens with two attached hydrogens (primary N) is 1. The molecule has 0 saturated carbocycles. The minimum Gasteiger partial charge on any atom is -0.457 e. The van der Waals surface area contributed by atoms with Crippen molar-refractivity contribution in [3.05, 3.63) is 54.1 Å². The summed E-state index contributed by atoms with van der Waals surface area (Å²) in [5, 5.41) is 3.50. The van der Waals surface area contributed by atoms with Crippen LogP contribution in [-0.2, 0) is 0 Å². The number of hydrogen-bond acceptors (Lipinski definition) is 3. The van der Waals surface area contributed by atoms with E-state index in [-0.39, 0.29) is 0 Å². The second-order valence-electron chi connectivity index (χ2n) is 4.89. The van der Waals surface area contributed by atoms with Crippen molar-refractivity contribution in [3.63, 3.8) is 0 Å². The van der Waals surface area contributed by atoms with E-state index in [1.54, 1.807) is 0 Å². The Bertz CT molecular complexity index is 545. The Morgan fingerprint density at radius 3 is 2.63 bits per heavy atom. The second-order valence-corrected chi connectivity index (χ2v) is 4.89. The molecule has 0 aliphatic carbocycles. The maximum Gasteiger partial charge on any atom is 0.127 e. The maximum atomic E-state index is 5.85. The lowest BCUT2D eigenvalue weighted by Crippen LogP contribution is -2.12. The van der Waals surface area contributed by atoms with Crippen LogP contribution in [0.5, 0.6) is 11.5 Å². The van der Waals surface area contributed by atoms with Crippen molar-refractivity contribution < 1.29 is 4.74 Å². The molecule has 3 rings (SSSR count). The van der Waals surface area contributed by atoms with Gasteiger partial charge in [0.15, 0.2) is 0 Å². The molecule has 19 heavy (non-hydrogen) atoms. The highest BCUT2D eigenvalue weighted by atomic mass is 16.5. The van der Waals surface area contributed by atoms with E-state index in [2.05, 4.69) is 17.4 Å². The largest absolute Gasteiger partial charge is 0.457 e. The molecule has 1 aliphatic rings. The predicted molar refractivity (Wildman–Crippen MR) is 77.3 cm³/mol. The Morgan fingerprint density at radius 1 is 1.05 bits per heavy atom. The standard InChI is InChI=1S/C16H18N2O/c17-13-6-8-14(9-7-13)19-15-4-1-3-12(11-15)16-5-2-10-18-16/h1,3-4,6-9,11,16,18H,2,5,10,17H2. The summed E-state index contributed by atoms with van der Waals surface area (Å²) in [6, 6.07) is 16.2. The van der Waals surface area contributed by atoms with E-state index < -0.39 is 0 Å². The molecule has 0 spiro atoms. The maximum absolute atomic E-state index is 5.85. The number of nitrogens with one attached hydrogen (secondary N) is 1. The zero-order chi connectivity index (χ0) is 13.1. The first-order chi connectivity index (χ1) is 9.31. The van der Waals surface area contributed by atoms with Gasteiger partial charge in [0.1, 0.15) is 11.5 Å². The minimum atomic E-state index is 0.468. The molecule has 3 heteroatoms. The topological polar surface area (TPSA) is 47.3 Å². The van der Waals surface area contributed by atoms with Gasteiger partial charge in [-0.05, 0) is 61.3 Å². The summed E-state index contributed by atoms with van der Waals surface area (Å²) in [4.78, 5) is 0. The highest BCUT2D eigenvalue weighted by molar-refractivity contribution is 5.43. The number of rotatable bonds is 3. The average Bonchev–Trinajstić information content (AvgIpc) is 2.96. The Labute approximate surface area is 113 Å². The van der Waals surface area contributed by atoms with Crippen LogP contribution in [-0.4, -0.2) is 6.54 Å². The molecule has 2 aromatic carbocycles. The molecule has 98 valence electrons. The van der Waals surface area contributed by atoms with E-state index in [1.165, 1.54) is 18.4 Å². The lowest BCUT2D eigenvalue weighted by Gasteiger charge is -2.12. The molecule has 2 aromatic rings. The third-order valence-corrected chi connectivity index (χ3v) is 3.44. The first-order valence-corrected chi connectivity index (χ1v) is 6.68. The lowest BCUT2D eigenvalue weighted by molar-refractivity contribution is 0.480. The Kier molecular flexibility index (Phi) is 3.38. The Morgan fingerprint density at radius 2 is 1.89 bits per heavy atom. The molecule has 3 N–H and O–H groups in total. The van der Waals surface area contributed by atoms with Crippen molar-refractivity contribution >= 4 is 5.69 Å². The molecule has 1 saturated heterocycles. The summed E-state index contributed by atoms with van der Waals surface area (Å²) in [6.07, 6.45) is 2.44. The molecule has 0 radical (unpaired) electrons. The van der Waals surface area contributed by atoms with Crippen molar-refractivity contribution in [2.75, 3.05) is 12.3 Å². The molecule has 3 nitrogen and oxygen atoms in total. The Balaban J connectivity index is 1.77. The van der Waals surface area contributed by atoms with Crippen molar-refractivity contribution in [1.82, 2.24) is 5.32 Å². The predicted octanol–water partition coefficient (Wildman–Crippen LogP) is 3.49. The van der Waals surface area contributed by atoms with Gasteiger partial charge in [-0.1, -0.05) is 12.1 Å². The van der Waals surface area contributed by atoms with E-state index in [9.17, 15) is 0 Å². The van der Waals surface area contributed by atoms with Crippen LogP contribution in [0.3, 0.4) is 0 Å². The van der Waals surface area contributed by atoms with Gasteiger partial charge < -0.3 is 15.8 Å². The number of nitrogen functional groups attached to an aromatic ring is 1. The summed E-state index contributed by atoms with van der Waals surface area (Å²) < 4.78 is 5.85. The van der Waals surface area contributed by atoms with Gasteiger partial charge in [-0.15, -0.1) is 0 Å². The summed E-state index contributed by atoms with van der Waals surface area (Å²) in [5.41, 5.74) is 7.71. The second kappa shape index (κ2) is 5.33. The zero-order valence-corrected chi connectivity index (χ0v) is 10.8. The summed E-state index contributed by atoms with van der Waals surface area (Å²) in [7, 11) is 0. The van der Waals surface area contributed by atoms with Gasteiger partial charge in [0.25, 0.3) is 0 Å². The lowest BCUT2D eigenvalue weighted by atomic mass is 10.1. The highest BCUT2D eigenvalue weighted by Crippen LogP contribution is 2.28. The molecule has 0 amide bonds. The number of hydrogen-bond donors (Lipinski definition) is 2. The summed E-state index contributed by atoms with van der Waals surface area (Å²) >= 11 is 0. The van der Waals surface area contributed by atoms with Crippen molar-refractivity contribution in [2.45, 2.75) is 18.9 Å². The van der Waals surface area contributed by atoms with Gasteiger partial charge in [-0.3, -0.25) is 0 Å². The summed E-state index contributed by atoms with van der Waals surface area (Å²) in [5.74, 6) is 1.68. The van der Waals surface area contributed by atoms with E-state index in [1.807, 2.05) is 36.4 Å². The van der Waals surface area contributed by atoms with Gasteiger partial charge in [0.2, 0.25) is 0 Å². The van der Waals surface area contributed by atoms with E-state index >= 15 is 0 Å². The van der Waals surface area contributed by atoms with Crippen molar-refractivity contribution in [2.24, 2.45) is 0 Å². The average molecular weight is 254 g/mol. The van der Waals surface area contributed by atoms with E-state index in [0.29, 0.717) is 6.04 Å². The van der Waals surface area contributed by atoms with Gasteiger partial charge >= 0.3 is 0 Å². The molecule has 1 heterocycles. The van der Waals surface area contributed by atoms with Gasteiger partial charge in [-0.2, -0.15) is 0 Å². The van der Waals surface area contributed by atoms with Crippen LogP contribution in [0.4, 0.5) is 5.69 Å². The smallest absolute Gasteiger partial charge is 0.127 e. The Hall–Kier alpha value is -2.00. The first-order valence-electron chi connectivity index (χ1n) is 6.68. The number of ether oxygens (including phenoxy) is 1. The number of anilines is 1. The van der Waals surface area contributed by atoms with Crippen molar-refractivity contribution in [1.29, 1.82) is 0 Å². The molecular formula is C16H18N2O. The van der Waals surface area contributed by atoms with Crippen LogP contribution in [0, 0.1) is 0 Å². The van der Waals surface area contributed by atoms with Crippen LogP contribution in [0.25, 0.3) is 0 Å². The SMILES string of the molecule is Nc1ccc(Oc2cccc(C3CCCN3)c2)cc1. The third kappa shape index (κ3) is 2.88. The van der Waals surface area contributed by atoms with Crippen molar-refractivity contribution in [3.8, 4) is 11.5 Å². The molecule has 1 atom stereocenters. The molecule has 1 fully saturated rings. The quantitative estimate of drug-likeness (QED) is 0.824. The van der Waals surface area contributed by atoms with Crippen LogP contribution in [0.2, 0.25) is 0 Å². The molecule has 1 aliphatic heterocycles. The third-order valence-electron chi connectivity index (χ3n) is 3.44. The van der Waals surface area contributed by atoms with Crippen LogP contribution >= 0.6 is 0 Å². The minimum absolute atomic E-state index is 0.468. The van der Waals surface area contributed by atoms with Crippen LogP contribution in [0.1, 0.15) is 24.4 Å². The monoisotopic (exact) mass is 254 g/mol. The van der Waals surface area contributed by atoms with Crippen LogP contribution < -0.4 is 15.8 Å². The highest BCUT2D eigenvalue weighted by Gasteiger charge is 2.16. The van der Waals surface area contributed by atoms with E-state index in [0.717, 1.165) is 23.7 Å². The normalized spacial score (nSPS) is 18.4. The molecule has 0 aromatic heterocycles. The van der Waals surface area contributed by atoms with Gasteiger partial charge in [-0.25, -0.2) is 0 Å². The first kappa shape index (κ1) is 12.1. The molecular weight excluding hydrogens is 236 g/mol. The van der Waals surface area contributed by atoms with Gasteiger partial charge in [0, 0.05) is 11.7 Å². The number of benzene rings is 2. The van der Waals surface area contributed by atoms with E-state index in [4.69, 9.17) is 10.5 Å². The molecule has 0 bridgehead atoms. The fraction of sp³-hybridized carbons (Fsp3) is 0.250. The fourth-order valence-electron chi connectivity index (χ4n) is 2.44. The zero-order valence-electron chi connectivity index (χ0n) is 10.8. The fourth-order valence-corrected chi connectivity index (χ4v) is 2.44. The van der Waals surface area contributed by atoms with Gasteiger partial charge in [0.05, 0.1) is 0 Å². The summed E-state index contributed by atoms with van der Waals surface area (Å²) in [6.45, 7) is 1.10. The molecule has 1 unspecified atom stereocenters.